The lowest BCUT2D eigenvalue weighted by atomic mass is 10.2. The third kappa shape index (κ3) is 2.28. The number of nitrogens with one attached hydrogen (secondary N) is 1. The molecular weight excluding hydrogens is 190 g/mol. The lowest BCUT2D eigenvalue weighted by molar-refractivity contribution is -0.107. The maximum atomic E-state index is 10.2. The zero-order chi connectivity index (χ0) is 10.5. The van der Waals surface area contributed by atoms with Crippen LogP contribution >= 0.6 is 0 Å². The zero-order valence-corrected chi connectivity index (χ0v) is 8.18. The molecule has 0 atom stereocenters. The van der Waals surface area contributed by atoms with Crippen molar-refractivity contribution in [1.82, 2.24) is 15.0 Å². The van der Waals surface area contributed by atoms with E-state index in [1.165, 1.54) is 0 Å². The quantitative estimate of drug-likeness (QED) is 0.764. The van der Waals surface area contributed by atoms with Crippen molar-refractivity contribution in [3.05, 3.63) is 36.5 Å². The van der Waals surface area contributed by atoms with E-state index in [1.54, 1.807) is 18.6 Å². The normalized spacial score (nSPS) is 10.1. The summed E-state index contributed by atoms with van der Waals surface area (Å²) in [6.45, 7) is 0. The van der Waals surface area contributed by atoms with Crippen LogP contribution in [0.1, 0.15) is 12.2 Å². The molecule has 0 bridgehead atoms. The van der Waals surface area contributed by atoms with Gasteiger partial charge in [0.25, 0.3) is 0 Å². The van der Waals surface area contributed by atoms with Gasteiger partial charge in [-0.2, -0.15) is 0 Å². The standard InChI is InChI=1S/C11H11N3O/c15-7-1-2-11-13-8-10(14-11)9-3-5-12-6-4-9/h3-8H,1-2H2,(H,13,14). The highest BCUT2D eigenvalue weighted by atomic mass is 16.1. The molecule has 2 heterocycles. The highest BCUT2D eigenvalue weighted by molar-refractivity contribution is 5.57. The van der Waals surface area contributed by atoms with Crippen LogP contribution in [0.3, 0.4) is 0 Å². The molecule has 0 radical (unpaired) electrons. The van der Waals surface area contributed by atoms with E-state index < -0.39 is 0 Å². The van der Waals surface area contributed by atoms with E-state index in [4.69, 9.17) is 0 Å². The second kappa shape index (κ2) is 4.50. The zero-order valence-electron chi connectivity index (χ0n) is 8.18. The topological polar surface area (TPSA) is 58.6 Å². The number of aryl methyl sites for hydroxylation is 1. The molecule has 1 N–H and O–H groups in total. The van der Waals surface area contributed by atoms with E-state index in [2.05, 4.69) is 15.0 Å². The highest BCUT2D eigenvalue weighted by Crippen LogP contribution is 2.15. The molecule has 0 amide bonds. The van der Waals surface area contributed by atoms with Crippen molar-refractivity contribution < 1.29 is 4.79 Å². The Kier molecular flexibility index (Phi) is 2.88. The molecule has 0 unspecified atom stereocenters. The van der Waals surface area contributed by atoms with Gasteiger partial charge in [0, 0.05) is 30.8 Å². The molecule has 2 aromatic rings. The Bertz CT molecular complexity index is 436. The van der Waals surface area contributed by atoms with E-state index in [0.717, 1.165) is 23.4 Å². The minimum atomic E-state index is 0.503. The first-order chi connectivity index (χ1) is 7.40. The number of carbonyl (C=O) groups is 1. The number of nitrogens with zero attached hydrogens (tertiary/aromatic N) is 2. The smallest absolute Gasteiger partial charge is 0.120 e. The van der Waals surface area contributed by atoms with Gasteiger partial charge in [0.15, 0.2) is 0 Å². The van der Waals surface area contributed by atoms with Crippen LogP contribution < -0.4 is 0 Å². The van der Waals surface area contributed by atoms with Crippen LogP contribution in [0.4, 0.5) is 0 Å². The molecule has 4 heteroatoms. The number of hydrogen-bond donors (Lipinski definition) is 1. The summed E-state index contributed by atoms with van der Waals surface area (Å²) in [6.07, 6.45) is 7.31. The predicted molar refractivity (Wildman–Crippen MR) is 56.2 cm³/mol. The van der Waals surface area contributed by atoms with Crippen LogP contribution in [0, 0.1) is 0 Å². The predicted octanol–water partition coefficient (Wildman–Crippen LogP) is 1.60. The first kappa shape index (κ1) is 9.58. The molecule has 0 saturated carbocycles. The first-order valence-electron chi connectivity index (χ1n) is 4.78. The van der Waals surface area contributed by atoms with Gasteiger partial charge in [0.1, 0.15) is 12.1 Å². The van der Waals surface area contributed by atoms with Crippen LogP contribution in [0.5, 0.6) is 0 Å². The van der Waals surface area contributed by atoms with Crippen molar-refractivity contribution in [2.24, 2.45) is 0 Å². The molecule has 0 saturated heterocycles. The van der Waals surface area contributed by atoms with Gasteiger partial charge in [0.2, 0.25) is 0 Å². The molecule has 4 nitrogen and oxygen atoms in total. The molecule has 0 aliphatic heterocycles. The molecule has 0 fully saturated rings. The lowest BCUT2D eigenvalue weighted by Crippen LogP contribution is -1.88. The Balaban J connectivity index is 2.17. The van der Waals surface area contributed by atoms with Gasteiger partial charge in [-0.15, -0.1) is 0 Å². The van der Waals surface area contributed by atoms with Crippen LogP contribution in [0.15, 0.2) is 30.7 Å². The van der Waals surface area contributed by atoms with Crippen LogP contribution in [-0.4, -0.2) is 21.2 Å². The summed E-state index contributed by atoms with van der Waals surface area (Å²) in [7, 11) is 0. The number of pyridine rings is 1. The molecule has 0 aliphatic rings. The number of aromatic nitrogens is 3. The Morgan fingerprint density at radius 1 is 1.33 bits per heavy atom. The maximum absolute atomic E-state index is 10.2. The third-order valence-electron chi connectivity index (χ3n) is 2.12. The number of carbonyl (C=O) groups excluding carboxylic acids is 1. The second-order valence-corrected chi connectivity index (χ2v) is 3.18. The number of hydrogen-bond acceptors (Lipinski definition) is 3. The summed E-state index contributed by atoms with van der Waals surface area (Å²) in [6, 6.07) is 3.83. The molecule has 0 spiro atoms. The third-order valence-corrected chi connectivity index (χ3v) is 2.12. The second-order valence-electron chi connectivity index (χ2n) is 3.18. The van der Waals surface area contributed by atoms with Crippen molar-refractivity contribution in [3.8, 4) is 11.3 Å². The van der Waals surface area contributed by atoms with Gasteiger partial charge in [0.05, 0.1) is 11.9 Å². The minimum Gasteiger partial charge on any atom is -0.342 e. The van der Waals surface area contributed by atoms with E-state index >= 15 is 0 Å². The van der Waals surface area contributed by atoms with E-state index in [1.807, 2.05) is 12.1 Å². The van der Waals surface area contributed by atoms with Crippen LogP contribution in [-0.2, 0) is 11.2 Å². The molecule has 2 rings (SSSR count). The lowest BCUT2D eigenvalue weighted by Gasteiger charge is -1.94. The molecule has 2 aromatic heterocycles. The summed E-state index contributed by atoms with van der Waals surface area (Å²) in [4.78, 5) is 21.5. The largest absolute Gasteiger partial charge is 0.342 e. The van der Waals surface area contributed by atoms with Crippen molar-refractivity contribution in [2.45, 2.75) is 12.8 Å². The van der Waals surface area contributed by atoms with Crippen molar-refractivity contribution >= 4 is 6.29 Å². The van der Waals surface area contributed by atoms with E-state index in [9.17, 15) is 4.79 Å². The monoisotopic (exact) mass is 201 g/mol. The van der Waals surface area contributed by atoms with Crippen molar-refractivity contribution in [3.63, 3.8) is 0 Å². The fraction of sp³-hybridized carbons (Fsp3) is 0.182. The molecule has 0 aliphatic carbocycles. The van der Waals surface area contributed by atoms with E-state index in [0.29, 0.717) is 12.8 Å². The van der Waals surface area contributed by atoms with Gasteiger partial charge in [-0.1, -0.05) is 0 Å². The van der Waals surface area contributed by atoms with Crippen LogP contribution in [0.25, 0.3) is 11.3 Å². The number of rotatable bonds is 4. The number of aromatic amines is 1. The summed E-state index contributed by atoms with van der Waals surface area (Å²) in [5.74, 6) is 0.842. The average Bonchev–Trinajstić information content (AvgIpc) is 2.76. The molecule has 76 valence electrons. The van der Waals surface area contributed by atoms with Crippen molar-refractivity contribution in [2.75, 3.05) is 0 Å². The Labute approximate surface area is 87.4 Å². The fourth-order valence-corrected chi connectivity index (χ4v) is 1.36. The average molecular weight is 201 g/mol. The Morgan fingerprint density at radius 2 is 2.13 bits per heavy atom. The summed E-state index contributed by atoms with van der Waals surface area (Å²) >= 11 is 0. The SMILES string of the molecule is O=CCCc1ncc(-c2ccncc2)[nH]1. The number of aldehydes is 1. The molecule has 0 aromatic carbocycles. The minimum absolute atomic E-state index is 0.503. The molecule has 15 heavy (non-hydrogen) atoms. The van der Waals surface area contributed by atoms with Gasteiger partial charge in [-0.05, 0) is 12.1 Å². The van der Waals surface area contributed by atoms with Crippen molar-refractivity contribution in [1.29, 1.82) is 0 Å². The number of imidazole rings is 1. The summed E-state index contributed by atoms with van der Waals surface area (Å²) in [5, 5.41) is 0. The summed E-state index contributed by atoms with van der Waals surface area (Å²) < 4.78 is 0. The maximum Gasteiger partial charge on any atom is 0.120 e. The van der Waals surface area contributed by atoms with Gasteiger partial charge in [-0.25, -0.2) is 4.98 Å². The highest BCUT2D eigenvalue weighted by Gasteiger charge is 2.01. The molecular formula is C11H11N3O. The van der Waals surface area contributed by atoms with Gasteiger partial charge in [-0.3, -0.25) is 4.98 Å². The summed E-state index contributed by atoms with van der Waals surface area (Å²) in [5.41, 5.74) is 2.01. The Morgan fingerprint density at radius 3 is 2.87 bits per heavy atom. The fourth-order valence-electron chi connectivity index (χ4n) is 1.36. The van der Waals surface area contributed by atoms with Gasteiger partial charge < -0.3 is 9.78 Å². The van der Waals surface area contributed by atoms with Gasteiger partial charge >= 0.3 is 0 Å². The Hall–Kier alpha value is -1.97. The first-order valence-corrected chi connectivity index (χ1v) is 4.78. The van der Waals surface area contributed by atoms with Crippen LogP contribution in [0.2, 0.25) is 0 Å². The van der Waals surface area contributed by atoms with E-state index in [-0.39, 0.29) is 0 Å². The number of H-pyrrole nitrogens is 1.